The van der Waals surface area contributed by atoms with Crippen LogP contribution in [0.3, 0.4) is 0 Å². The fraction of sp³-hybridized carbons (Fsp3) is 0.793. The summed E-state index contributed by atoms with van der Waals surface area (Å²) in [6.07, 6.45) is 5.61. The fourth-order valence-corrected chi connectivity index (χ4v) is 8.08. The minimum Gasteiger partial charge on any atom is -0.463 e. The van der Waals surface area contributed by atoms with Crippen molar-refractivity contribution in [2.45, 2.75) is 113 Å². The Morgan fingerprint density at radius 1 is 0.974 bits per heavy atom. The molecule has 5 heterocycles. The topological polar surface area (TPSA) is 129 Å². The lowest BCUT2D eigenvalue weighted by molar-refractivity contribution is -0.251. The second-order valence-corrected chi connectivity index (χ2v) is 13.1. The van der Waals surface area contributed by atoms with Gasteiger partial charge in [-0.2, -0.15) is 0 Å². The molecule has 6 fully saturated rings. The minimum atomic E-state index is -0.759. The lowest BCUT2D eigenvalue weighted by Gasteiger charge is -2.58. The zero-order chi connectivity index (χ0) is 27.4. The van der Waals surface area contributed by atoms with Gasteiger partial charge in [0, 0.05) is 24.3 Å². The van der Waals surface area contributed by atoms with Crippen molar-refractivity contribution in [1.29, 1.82) is 0 Å². The van der Waals surface area contributed by atoms with Crippen molar-refractivity contribution in [2.75, 3.05) is 19.8 Å². The highest BCUT2D eigenvalue weighted by Crippen LogP contribution is 2.75. The van der Waals surface area contributed by atoms with Crippen molar-refractivity contribution in [3.63, 3.8) is 0 Å². The molecule has 2 aliphatic carbocycles. The van der Waals surface area contributed by atoms with Gasteiger partial charge in [0.2, 0.25) is 0 Å². The van der Waals surface area contributed by atoms with Crippen LogP contribution in [0.15, 0.2) is 24.3 Å². The number of aliphatic hydroxyl groups is 1. The van der Waals surface area contributed by atoms with Crippen molar-refractivity contribution in [3.05, 3.63) is 24.3 Å². The summed E-state index contributed by atoms with van der Waals surface area (Å²) in [6.45, 7) is 8.62. The first kappa shape index (κ1) is 26.1. The zero-order valence-electron chi connectivity index (χ0n) is 22.9. The van der Waals surface area contributed by atoms with Gasteiger partial charge >= 0.3 is 11.9 Å². The number of carbonyl (C=O) groups is 2. The van der Waals surface area contributed by atoms with E-state index in [0.29, 0.717) is 25.9 Å². The van der Waals surface area contributed by atoms with E-state index in [4.69, 9.17) is 33.2 Å². The predicted octanol–water partition coefficient (Wildman–Crippen LogP) is 1.77. The molecule has 7 rings (SSSR count). The fourth-order valence-electron chi connectivity index (χ4n) is 8.08. The van der Waals surface area contributed by atoms with Gasteiger partial charge in [0.25, 0.3) is 0 Å². The van der Waals surface area contributed by atoms with Gasteiger partial charge in [-0.15, -0.1) is 0 Å². The lowest BCUT2D eigenvalue weighted by atomic mass is 9.50. The molecule has 5 aliphatic heterocycles. The average Bonchev–Trinajstić information content (AvgIpc) is 3.80. The van der Waals surface area contributed by atoms with Crippen molar-refractivity contribution in [1.82, 2.24) is 0 Å². The molecule has 39 heavy (non-hydrogen) atoms. The Kier molecular flexibility index (Phi) is 5.60. The van der Waals surface area contributed by atoms with Crippen LogP contribution in [-0.4, -0.2) is 96.4 Å². The number of fused-ring (bicyclic) bond motifs is 3. The van der Waals surface area contributed by atoms with Crippen LogP contribution >= 0.6 is 0 Å². The van der Waals surface area contributed by atoms with Crippen molar-refractivity contribution in [3.8, 4) is 0 Å². The minimum absolute atomic E-state index is 0.101. The monoisotopic (exact) mass is 546 g/mol. The maximum absolute atomic E-state index is 13.3. The third kappa shape index (κ3) is 3.61. The summed E-state index contributed by atoms with van der Waals surface area (Å²) in [4.78, 5) is 26.3. The van der Waals surface area contributed by atoms with E-state index < -0.39 is 58.4 Å². The second kappa shape index (κ2) is 8.36. The predicted molar refractivity (Wildman–Crippen MR) is 133 cm³/mol. The molecule has 0 aromatic rings. The van der Waals surface area contributed by atoms with Crippen LogP contribution in [0, 0.1) is 10.8 Å². The van der Waals surface area contributed by atoms with Crippen LogP contribution in [0.5, 0.6) is 0 Å². The van der Waals surface area contributed by atoms with Crippen LogP contribution in [0.1, 0.15) is 53.4 Å². The molecule has 10 nitrogen and oxygen atoms in total. The van der Waals surface area contributed by atoms with E-state index in [-0.39, 0.29) is 37.1 Å². The Labute approximate surface area is 227 Å². The second-order valence-electron chi connectivity index (χ2n) is 13.1. The van der Waals surface area contributed by atoms with Gasteiger partial charge in [-0.25, -0.2) is 9.59 Å². The smallest absolute Gasteiger partial charge is 0.338 e. The highest BCUT2D eigenvalue weighted by Gasteiger charge is 2.86. The van der Waals surface area contributed by atoms with Crippen LogP contribution in [-0.2, 0) is 42.7 Å². The first-order valence-electron chi connectivity index (χ1n) is 14.1. The van der Waals surface area contributed by atoms with Crippen LogP contribution in [0.2, 0.25) is 0 Å². The average molecular weight is 547 g/mol. The molecule has 0 aromatic carbocycles. The van der Waals surface area contributed by atoms with E-state index in [9.17, 15) is 14.7 Å². The largest absolute Gasteiger partial charge is 0.463 e. The van der Waals surface area contributed by atoms with Gasteiger partial charge in [-0.1, -0.05) is 25.2 Å². The molecule has 12 atom stereocenters. The number of carbonyl (C=O) groups excluding carboxylic acids is 2. The van der Waals surface area contributed by atoms with E-state index in [2.05, 4.69) is 13.8 Å². The Hall–Kier alpha value is -1.82. The van der Waals surface area contributed by atoms with Crippen LogP contribution < -0.4 is 0 Å². The third-order valence-corrected chi connectivity index (χ3v) is 11.0. The molecule has 1 N–H and O–H groups in total. The number of esters is 2. The van der Waals surface area contributed by atoms with E-state index >= 15 is 0 Å². The molecule has 12 unspecified atom stereocenters. The lowest BCUT2D eigenvalue weighted by Crippen LogP contribution is -2.69. The van der Waals surface area contributed by atoms with Gasteiger partial charge in [0.1, 0.15) is 36.1 Å². The third-order valence-electron chi connectivity index (χ3n) is 11.0. The number of aliphatic hydroxyl groups excluding tert-OH is 1. The Balaban J connectivity index is 1.24. The number of rotatable bonds is 1. The molecular formula is C29H38O10. The summed E-state index contributed by atoms with van der Waals surface area (Å²) in [7, 11) is 0. The summed E-state index contributed by atoms with van der Waals surface area (Å²) in [5.74, 6) is -0.895. The maximum Gasteiger partial charge on any atom is 0.338 e. The van der Waals surface area contributed by atoms with Gasteiger partial charge in [-0.05, 0) is 33.6 Å². The number of epoxide rings is 3. The summed E-state index contributed by atoms with van der Waals surface area (Å²) in [5, 5.41) is 10.1. The summed E-state index contributed by atoms with van der Waals surface area (Å²) < 4.78 is 43.0. The molecule has 0 radical (unpaired) electrons. The Morgan fingerprint density at radius 2 is 1.77 bits per heavy atom. The van der Waals surface area contributed by atoms with Crippen molar-refractivity contribution >= 4 is 11.9 Å². The highest BCUT2D eigenvalue weighted by molar-refractivity contribution is 5.82. The number of cyclic esters (lactones) is 1. The zero-order valence-corrected chi connectivity index (χ0v) is 22.9. The first-order chi connectivity index (χ1) is 18.5. The summed E-state index contributed by atoms with van der Waals surface area (Å²) in [6, 6.07) is 0. The molecule has 2 spiro atoms. The molecule has 0 aromatic heterocycles. The van der Waals surface area contributed by atoms with E-state index in [1.54, 1.807) is 25.2 Å². The first-order valence-corrected chi connectivity index (χ1v) is 14.1. The normalized spacial score (nSPS) is 55.6. The number of hydrogen-bond donors (Lipinski definition) is 1. The van der Waals surface area contributed by atoms with E-state index in [0.717, 1.165) is 6.42 Å². The van der Waals surface area contributed by atoms with Gasteiger partial charge in [0.05, 0.1) is 42.5 Å². The summed E-state index contributed by atoms with van der Waals surface area (Å²) >= 11 is 0. The molecule has 0 amide bonds. The molecule has 7 aliphatic rings. The molecule has 10 heteroatoms. The molecule has 2 bridgehead atoms. The number of allylic oxidation sites excluding steroid dienone is 2. The van der Waals surface area contributed by atoms with Gasteiger partial charge in [-0.3, -0.25) is 0 Å². The van der Waals surface area contributed by atoms with Crippen molar-refractivity contribution < 1.29 is 47.9 Å². The molecule has 4 saturated heterocycles. The standard InChI is InChI=1S/C29H38O10/c1-16(30)17-7-5-6-8-20(31)36-18-13-19-29(15-35-29)27(18,4)28(10-9-25(2)21(38-25)22(28)37-19)14-34-24(32)23-26(3,39-23)11-12-33-17/h5-8,16-19,21-23,30H,9-15H2,1-4H3/b7-5+,8-6?. The maximum atomic E-state index is 13.3. The molecule has 214 valence electrons. The van der Waals surface area contributed by atoms with Crippen LogP contribution in [0.25, 0.3) is 0 Å². The quantitative estimate of drug-likeness (QED) is 0.384. The number of hydrogen-bond acceptors (Lipinski definition) is 10. The Morgan fingerprint density at radius 3 is 2.51 bits per heavy atom. The molecule has 2 saturated carbocycles. The summed E-state index contributed by atoms with van der Waals surface area (Å²) in [5.41, 5.74) is -2.85. The molecular weight excluding hydrogens is 508 g/mol. The van der Waals surface area contributed by atoms with Crippen molar-refractivity contribution in [2.24, 2.45) is 10.8 Å². The highest BCUT2D eigenvalue weighted by atomic mass is 16.7. The van der Waals surface area contributed by atoms with Gasteiger partial charge in [0.15, 0.2) is 6.10 Å². The SMILES string of the molecule is CC(O)C1/C=C/C=CC(=O)OC2CC3OC4C5OC5(C)CCC4(COC(=O)C4OC4(C)CCO1)C2(C)C31CO1. The van der Waals surface area contributed by atoms with E-state index in [1.807, 2.05) is 6.92 Å². The Bertz CT molecular complexity index is 1130. The van der Waals surface area contributed by atoms with E-state index in [1.165, 1.54) is 6.08 Å². The number of ether oxygens (including phenoxy) is 7. The van der Waals surface area contributed by atoms with Crippen LogP contribution in [0.4, 0.5) is 0 Å². The van der Waals surface area contributed by atoms with Gasteiger partial charge < -0.3 is 38.3 Å².